The van der Waals surface area contributed by atoms with E-state index in [1.54, 1.807) is 40.1 Å². The minimum absolute atomic E-state index is 0.00722. The van der Waals surface area contributed by atoms with Crippen molar-refractivity contribution in [2.45, 2.75) is 11.8 Å². The van der Waals surface area contributed by atoms with Crippen LogP contribution in [0, 0.1) is 0 Å². The number of piperazine rings is 1. The molecule has 32 heavy (non-hydrogen) atoms. The largest absolute Gasteiger partial charge is 0.497 e. The Bertz CT molecular complexity index is 1260. The normalized spacial score (nSPS) is 14.4. The lowest BCUT2D eigenvalue weighted by Gasteiger charge is -2.34. The molecule has 0 saturated carbocycles. The number of thiazole rings is 1. The second kappa shape index (κ2) is 8.75. The molecule has 2 amide bonds. The highest BCUT2D eigenvalue weighted by Gasteiger charge is 2.24. The third-order valence-electron chi connectivity index (χ3n) is 5.24. The predicted molar refractivity (Wildman–Crippen MR) is 122 cm³/mol. The van der Waals surface area contributed by atoms with Crippen molar-refractivity contribution in [3.63, 3.8) is 0 Å². The van der Waals surface area contributed by atoms with Crippen LogP contribution in [0.3, 0.4) is 0 Å². The first-order valence-corrected chi connectivity index (χ1v) is 12.2. The minimum Gasteiger partial charge on any atom is -0.497 e. The van der Waals surface area contributed by atoms with E-state index in [1.165, 1.54) is 26.2 Å². The molecule has 2 aromatic carbocycles. The second-order valence-electron chi connectivity index (χ2n) is 7.28. The van der Waals surface area contributed by atoms with Gasteiger partial charge in [-0.1, -0.05) is 11.3 Å². The molecule has 1 saturated heterocycles. The van der Waals surface area contributed by atoms with Gasteiger partial charge in [-0.25, -0.2) is 13.4 Å². The van der Waals surface area contributed by atoms with Crippen LogP contribution in [-0.2, 0) is 14.8 Å². The zero-order valence-corrected chi connectivity index (χ0v) is 19.2. The van der Waals surface area contributed by atoms with Crippen molar-refractivity contribution in [3.8, 4) is 5.75 Å². The maximum atomic E-state index is 12.9. The fourth-order valence-electron chi connectivity index (χ4n) is 3.44. The summed E-state index contributed by atoms with van der Waals surface area (Å²) >= 11 is 1.16. The summed E-state index contributed by atoms with van der Waals surface area (Å²) in [6.07, 6.45) is 0. The number of nitrogens with one attached hydrogen (secondary N) is 1. The number of nitrogens with zero attached hydrogens (tertiary/aromatic N) is 3. The van der Waals surface area contributed by atoms with Gasteiger partial charge in [0.2, 0.25) is 5.91 Å². The van der Waals surface area contributed by atoms with Crippen LogP contribution in [0.1, 0.15) is 17.3 Å². The highest BCUT2D eigenvalue weighted by atomic mass is 32.2. The van der Waals surface area contributed by atoms with E-state index in [1.807, 2.05) is 0 Å². The number of aromatic nitrogens is 1. The molecule has 168 valence electrons. The third kappa shape index (κ3) is 4.53. The number of anilines is 1. The van der Waals surface area contributed by atoms with Crippen LogP contribution >= 0.6 is 11.3 Å². The Morgan fingerprint density at radius 1 is 1.03 bits per heavy atom. The highest BCUT2D eigenvalue weighted by Crippen LogP contribution is 2.29. The van der Waals surface area contributed by atoms with Gasteiger partial charge in [0, 0.05) is 38.7 Å². The number of benzene rings is 2. The molecule has 0 radical (unpaired) electrons. The number of methoxy groups -OCH3 is 1. The van der Waals surface area contributed by atoms with Crippen LogP contribution in [0.25, 0.3) is 10.2 Å². The van der Waals surface area contributed by atoms with Crippen LogP contribution in [0.2, 0.25) is 0 Å². The monoisotopic (exact) mass is 474 g/mol. The quantitative estimate of drug-likeness (QED) is 0.608. The van der Waals surface area contributed by atoms with Gasteiger partial charge in [-0.15, -0.1) is 0 Å². The number of amides is 2. The Kier molecular flexibility index (Phi) is 6.02. The zero-order valence-electron chi connectivity index (χ0n) is 17.6. The molecular weight excluding hydrogens is 452 g/mol. The van der Waals surface area contributed by atoms with Crippen molar-refractivity contribution in [2.24, 2.45) is 0 Å². The Morgan fingerprint density at radius 3 is 2.31 bits per heavy atom. The molecule has 2 heterocycles. The first kappa shape index (κ1) is 22.0. The van der Waals surface area contributed by atoms with Crippen LogP contribution in [-0.4, -0.2) is 68.3 Å². The number of sulfonamides is 1. The van der Waals surface area contributed by atoms with Gasteiger partial charge in [-0.05, 0) is 42.5 Å². The number of rotatable bonds is 5. The van der Waals surface area contributed by atoms with Gasteiger partial charge in [0.1, 0.15) is 5.75 Å². The number of hydrogen-bond donors (Lipinski definition) is 1. The van der Waals surface area contributed by atoms with E-state index < -0.39 is 10.0 Å². The molecule has 1 N–H and O–H groups in total. The van der Waals surface area contributed by atoms with Gasteiger partial charge in [0.05, 0.1) is 22.2 Å². The Balaban J connectivity index is 1.50. The van der Waals surface area contributed by atoms with E-state index in [0.717, 1.165) is 11.3 Å². The van der Waals surface area contributed by atoms with E-state index in [4.69, 9.17) is 4.74 Å². The summed E-state index contributed by atoms with van der Waals surface area (Å²) in [5, 5.41) is 0.218. The van der Waals surface area contributed by atoms with Crippen molar-refractivity contribution in [1.82, 2.24) is 14.8 Å². The molecule has 0 spiro atoms. The Labute approximate surface area is 189 Å². The predicted octanol–water partition coefficient (Wildman–Crippen LogP) is 2.41. The lowest BCUT2D eigenvalue weighted by atomic mass is 10.1. The van der Waals surface area contributed by atoms with Crippen molar-refractivity contribution < 1.29 is 22.7 Å². The average Bonchev–Trinajstić information content (AvgIpc) is 3.19. The van der Waals surface area contributed by atoms with Gasteiger partial charge in [-0.2, -0.15) is 0 Å². The lowest BCUT2D eigenvalue weighted by Crippen LogP contribution is -2.50. The van der Waals surface area contributed by atoms with Crippen LogP contribution in [0.5, 0.6) is 5.75 Å². The van der Waals surface area contributed by atoms with Crippen molar-refractivity contribution in [3.05, 3.63) is 48.0 Å². The topological polar surface area (TPSA) is 109 Å². The lowest BCUT2D eigenvalue weighted by molar-refractivity contribution is -0.130. The summed E-state index contributed by atoms with van der Waals surface area (Å²) in [5.41, 5.74) is 1.10. The fraction of sp³-hybridized carbons (Fsp3) is 0.286. The van der Waals surface area contributed by atoms with E-state index in [-0.39, 0.29) is 21.8 Å². The van der Waals surface area contributed by atoms with Crippen molar-refractivity contribution in [1.29, 1.82) is 0 Å². The standard InChI is InChI=1S/C21H22N4O5S2/c1-14(26)24-9-11-25(12-10-24)20(27)15-3-8-18-19(13-15)31-21(22-18)23-32(28,29)17-6-4-16(30-2)5-7-17/h3-8,13H,9-12H2,1-2H3,(H,22,23). The highest BCUT2D eigenvalue weighted by molar-refractivity contribution is 7.93. The molecule has 0 unspecified atom stereocenters. The second-order valence-corrected chi connectivity index (χ2v) is 9.99. The number of hydrogen-bond acceptors (Lipinski definition) is 7. The first-order valence-electron chi connectivity index (χ1n) is 9.89. The van der Waals surface area contributed by atoms with Crippen molar-refractivity contribution >= 4 is 48.5 Å². The molecule has 1 fully saturated rings. The van der Waals surface area contributed by atoms with Crippen molar-refractivity contribution in [2.75, 3.05) is 38.0 Å². The van der Waals surface area contributed by atoms with Crippen LogP contribution in [0.4, 0.5) is 5.13 Å². The number of fused-ring (bicyclic) bond motifs is 1. The summed E-state index contributed by atoms with van der Waals surface area (Å²) in [5.74, 6) is 0.445. The van der Waals surface area contributed by atoms with E-state index in [2.05, 4.69) is 9.71 Å². The Hall–Kier alpha value is -3.18. The van der Waals surface area contributed by atoms with Gasteiger partial charge in [0.15, 0.2) is 5.13 Å². The van der Waals surface area contributed by atoms with Crippen LogP contribution < -0.4 is 9.46 Å². The molecule has 9 nitrogen and oxygen atoms in total. The third-order valence-corrected chi connectivity index (χ3v) is 7.66. The SMILES string of the molecule is COc1ccc(S(=O)(=O)Nc2nc3ccc(C(=O)N4CCN(C(C)=O)CC4)cc3s2)cc1. The number of ether oxygens (including phenoxy) is 1. The molecule has 4 rings (SSSR count). The van der Waals surface area contributed by atoms with E-state index in [9.17, 15) is 18.0 Å². The molecule has 0 atom stereocenters. The van der Waals surface area contributed by atoms with E-state index >= 15 is 0 Å². The van der Waals surface area contributed by atoms with Gasteiger partial charge < -0.3 is 14.5 Å². The minimum atomic E-state index is -3.81. The molecule has 1 aliphatic rings. The summed E-state index contributed by atoms with van der Waals surface area (Å²) in [7, 11) is -2.30. The maximum Gasteiger partial charge on any atom is 0.263 e. The Morgan fingerprint density at radius 2 is 1.69 bits per heavy atom. The van der Waals surface area contributed by atoms with Gasteiger partial charge >= 0.3 is 0 Å². The summed E-state index contributed by atoms with van der Waals surface area (Å²) in [4.78, 5) is 32.2. The average molecular weight is 475 g/mol. The maximum absolute atomic E-state index is 12.9. The van der Waals surface area contributed by atoms with Gasteiger partial charge in [0.25, 0.3) is 15.9 Å². The molecule has 0 aliphatic carbocycles. The van der Waals surface area contributed by atoms with Crippen LogP contribution in [0.15, 0.2) is 47.4 Å². The molecule has 3 aromatic rings. The molecule has 1 aromatic heterocycles. The van der Waals surface area contributed by atoms with E-state index in [0.29, 0.717) is 47.7 Å². The fourth-order valence-corrected chi connectivity index (χ4v) is 5.58. The summed E-state index contributed by atoms with van der Waals surface area (Å²) in [6.45, 7) is 3.51. The summed E-state index contributed by atoms with van der Waals surface area (Å²) in [6, 6.07) is 11.2. The zero-order chi connectivity index (χ0) is 22.9. The first-order chi connectivity index (χ1) is 15.3. The number of carbonyl (C=O) groups excluding carboxylic acids is 2. The number of carbonyl (C=O) groups is 2. The molecule has 11 heteroatoms. The van der Waals surface area contributed by atoms with Gasteiger partial charge in [-0.3, -0.25) is 14.3 Å². The molecular formula is C21H22N4O5S2. The summed E-state index contributed by atoms with van der Waals surface area (Å²) < 4.78 is 33.6. The molecule has 0 bridgehead atoms. The smallest absolute Gasteiger partial charge is 0.263 e. The molecule has 1 aliphatic heterocycles.